The predicted octanol–water partition coefficient (Wildman–Crippen LogP) is 2.53. The molecule has 1 rings (SSSR count). The van der Waals surface area contributed by atoms with Gasteiger partial charge in [0.25, 0.3) is 0 Å². The summed E-state index contributed by atoms with van der Waals surface area (Å²) < 4.78 is 14.0. The summed E-state index contributed by atoms with van der Waals surface area (Å²) >= 11 is 0. The van der Waals surface area contributed by atoms with Gasteiger partial charge in [0.1, 0.15) is 5.82 Å². The van der Waals surface area contributed by atoms with E-state index in [0.29, 0.717) is 12.2 Å². The normalized spacial score (nSPS) is 10.7. The number of nitrogens with zero attached hydrogens (tertiary/aromatic N) is 1. The van der Waals surface area contributed by atoms with Crippen molar-refractivity contribution in [2.45, 2.75) is 32.7 Å². The molecule has 19 heavy (non-hydrogen) atoms. The molecule has 0 spiro atoms. The average molecular weight is 268 g/mol. The van der Waals surface area contributed by atoms with Crippen LogP contribution in [0.3, 0.4) is 0 Å². The molecule has 4 heteroatoms. The summed E-state index contributed by atoms with van der Waals surface area (Å²) in [5.74, 6) is -0.167. The van der Waals surface area contributed by atoms with E-state index in [1.54, 1.807) is 6.07 Å². The van der Waals surface area contributed by atoms with Crippen LogP contribution in [0.5, 0.6) is 0 Å². The van der Waals surface area contributed by atoms with Crippen LogP contribution in [0, 0.1) is 5.82 Å². The molecule has 0 unspecified atom stereocenters. The van der Waals surface area contributed by atoms with E-state index in [0.717, 1.165) is 37.9 Å². The molecule has 0 heterocycles. The topological polar surface area (TPSA) is 35.5 Å². The Morgan fingerprint density at radius 2 is 2.05 bits per heavy atom. The van der Waals surface area contributed by atoms with E-state index in [4.69, 9.17) is 5.11 Å². The van der Waals surface area contributed by atoms with Gasteiger partial charge in [0, 0.05) is 26.7 Å². The number of aliphatic hydroxyl groups is 1. The Morgan fingerprint density at radius 3 is 2.74 bits per heavy atom. The second-order valence-electron chi connectivity index (χ2n) is 4.73. The Morgan fingerprint density at radius 1 is 1.26 bits per heavy atom. The third kappa shape index (κ3) is 5.17. The van der Waals surface area contributed by atoms with Gasteiger partial charge in [-0.3, -0.25) is 0 Å². The number of anilines is 1. The summed E-state index contributed by atoms with van der Waals surface area (Å²) in [7, 11) is 1.92. The molecule has 0 aliphatic heterocycles. The molecular formula is C15H25FN2O. The fraction of sp³-hybridized carbons (Fsp3) is 0.600. The minimum atomic E-state index is -0.167. The van der Waals surface area contributed by atoms with Crippen molar-refractivity contribution in [2.75, 3.05) is 31.6 Å². The van der Waals surface area contributed by atoms with Gasteiger partial charge in [-0.05, 0) is 37.4 Å². The average Bonchev–Trinajstić information content (AvgIpc) is 2.41. The van der Waals surface area contributed by atoms with Crippen LogP contribution in [0.1, 0.15) is 31.7 Å². The minimum Gasteiger partial charge on any atom is -0.396 e. The van der Waals surface area contributed by atoms with E-state index in [2.05, 4.69) is 5.32 Å². The zero-order valence-corrected chi connectivity index (χ0v) is 12.0. The SMILES string of the molecule is CCNCc1cccc(F)c1N(C)CCCCCO. The Bertz CT molecular complexity index is 371. The van der Waals surface area contributed by atoms with Crippen LogP contribution in [0.4, 0.5) is 10.1 Å². The number of benzene rings is 1. The van der Waals surface area contributed by atoms with Gasteiger partial charge in [0.2, 0.25) is 0 Å². The summed E-state index contributed by atoms with van der Waals surface area (Å²) in [4.78, 5) is 1.97. The van der Waals surface area contributed by atoms with Crippen molar-refractivity contribution in [1.29, 1.82) is 0 Å². The largest absolute Gasteiger partial charge is 0.396 e. The fourth-order valence-electron chi connectivity index (χ4n) is 2.14. The predicted molar refractivity (Wildman–Crippen MR) is 78.0 cm³/mol. The fourth-order valence-corrected chi connectivity index (χ4v) is 2.14. The molecule has 0 aliphatic carbocycles. The van der Waals surface area contributed by atoms with Crippen molar-refractivity contribution in [3.63, 3.8) is 0 Å². The standard InChI is InChI=1S/C15H25FN2O/c1-3-17-12-13-8-7-9-14(16)15(13)18(2)10-5-4-6-11-19/h7-9,17,19H,3-6,10-12H2,1-2H3. The number of para-hydroxylation sites is 1. The van der Waals surface area contributed by atoms with Gasteiger partial charge in [-0.25, -0.2) is 4.39 Å². The lowest BCUT2D eigenvalue weighted by molar-refractivity contribution is 0.283. The van der Waals surface area contributed by atoms with Crippen LogP contribution >= 0.6 is 0 Å². The van der Waals surface area contributed by atoms with Gasteiger partial charge in [-0.2, -0.15) is 0 Å². The van der Waals surface area contributed by atoms with E-state index < -0.39 is 0 Å². The number of hydrogen-bond donors (Lipinski definition) is 2. The second kappa shape index (κ2) is 8.88. The van der Waals surface area contributed by atoms with Gasteiger partial charge < -0.3 is 15.3 Å². The highest BCUT2D eigenvalue weighted by Gasteiger charge is 2.12. The van der Waals surface area contributed by atoms with Crippen molar-refractivity contribution in [3.8, 4) is 0 Å². The Hall–Kier alpha value is -1.13. The van der Waals surface area contributed by atoms with Crippen molar-refractivity contribution >= 4 is 5.69 Å². The lowest BCUT2D eigenvalue weighted by Crippen LogP contribution is -2.23. The van der Waals surface area contributed by atoms with Gasteiger partial charge in [-0.1, -0.05) is 19.1 Å². The first-order valence-electron chi connectivity index (χ1n) is 7.00. The Labute approximate surface area is 115 Å². The number of unbranched alkanes of at least 4 members (excludes halogenated alkanes) is 2. The maximum atomic E-state index is 14.0. The zero-order valence-electron chi connectivity index (χ0n) is 12.0. The van der Waals surface area contributed by atoms with E-state index in [1.807, 2.05) is 24.9 Å². The van der Waals surface area contributed by atoms with Crippen molar-refractivity contribution in [1.82, 2.24) is 5.32 Å². The van der Waals surface area contributed by atoms with Gasteiger partial charge >= 0.3 is 0 Å². The highest BCUT2D eigenvalue weighted by molar-refractivity contribution is 5.54. The molecule has 0 fully saturated rings. The number of aliphatic hydroxyl groups excluding tert-OH is 1. The number of nitrogens with one attached hydrogen (secondary N) is 1. The second-order valence-corrected chi connectivity index (χ2v) is 4.73. The minimum absolute atomic E-state index is 0.167. The molecule has 0 radical (unpaired) electrons. The maximum absolute atomic E-state index is 14.0. The molecular weight excluding hydrogens is 243 g/mol. The maximum Gasteiger partial charge on any atom is 0.146 e. The van der Waals surface area contributed by atoms with Crippen LogP contribution in [0.2, 0.25) is 0 Å². The van der Waals surface area contributed by atoms with Crippen LogP contribution in [-0.2, 0) is 6.54 Å². The lowest BCUT2D eigenvalue weighted by Gasteiger charge is -2.23. The molecule has 1 aromatic carbocycles. The molecule has 0 bridgehead atoms. The Kier molecular flexibility index (Phi) is 7.45. The summed E-state index contributed by atoms with van der Waals surface area (Å²) in [5, 5.41) is 12.0. The molecule has 1 aromatic rings. The summed E-state index contributed by atoms with van der Waals surface area (Å²) in [6.07, 6.45) is 2.75. The molecule has 3 nitrogen and oxygen atoms in total. The van der Waals surface area contributed by atoms with E-state index in [9.17, 15) is 4.39 Å². The summed E-state index contributed by atoms with van der Waals surface area (Å²) in [5.41, 5.74) is 1.68. The van der Waals surface area contributed by atoms with Crippen molar-refractivity contribution in [2.24, 2.45) is 0 Å². The third-order valence-electron chi connectivity index (χ3n) is 3.17. The monoisotopic (exact) mass is 268 g/mol. The highest BCUT2D eigenvalue weighted by atomic mass is 19.1. The first-order valence-corrected chi connectivity index (χ1v) is 7.00. The van der Waals surface area contributed by atoms with Gasteiger partial charge in [0.15, 0.2) is 0 Å². The van der Waals surface area contributed by atoms with Crippen LogP contribution in [-0.4, -0.2) is 31.9 Å². The Balaban J connectivity index is 2.67. The highest BCUT2D eigenvalue weighted by Crippen LogP contribution is 2.23. The lowest BCUT2D eigenvalue weighted by atomic mass is 10.1. The molecule has 0 aromatic heterocycles. The van der Waals surface area contributed by atoms with E-state index >= 15 is 0 Å². The molecule has 0 saturated carbocycles. The van der Waals surface area contributed by atoms with Crippen LogP contribution < -0.4 is 10.2 Å². The molecule has 0 amide bonds. The number of halogens is 1. The van der Waals surface area contributed by atoms with Crippen molar-refractivity contribution in [3.05, 3.63) is 29.6 Å². The smallest absolute Gasteiger partial charge is 0.146 e. The first kappa shape index (κ1) is 15.9. The first-order chi connectivity index (χ1) is 9.20. The van der Waals surface area contributed by atoms with E-state index in [1.165, 1.54) is 6.07 Å². The number of hydrogen-bond acceptors (Lipinski definition) is 3. The zero-order chi connectivity index (χ0) is 14.1. The summed E-state index contributed by atoms with van der Waals surface area (Å²) in [6, 6.07) is 5.23. The van der Waals surface area contributed by atoms with Crippen molar-refractivity contribution < 1.29 is 9.50 Å². The van der Waals surface area contributed by atoms with E-state index in [-0.39, 0.29) is 12.4 Å². The van der Waals surface area contributed by atoms with Gasteiger partial charge in [-0.15, -0.1) is 0 Å². The molecule has 2 N–H and O–H groups in total. The third-order valence-corrected chi connectivity index (χ3v) is 3.17. The number of rotatable bonds is 9. The van der Waals surface area contributed by atoms with Crippen LogP contribution in [0.25, 0.3) is 0 Å². The molecule has 0 saturated heterocycles. The molecule has 0 atom stereocenters. The summed E-state index contributed by atoms with van der Waals surface area (Å²) in [6.45, 7) is 4.63. The quantitative estimate of drug-likeness (QED) is 0.676. The van der Waals surface area contributed by atoms with Crippen LogP contribution in [0.15, 0.2) is 18.2 Å². The molecule has 0 aliphatic rings. The van der Waals surface area contributed by atoms with Gasteiger partial charge in [0.05, 0.1) is 5.69 Å². The molecule has 108 valence electrons.